The molecule has 4 fully saturated rings. The molecule has 3 aliphatic carbocycles. The highest BCUT2D eigenvalue weighted by atomic mass is 79.9. The minimum atomic E-state index is -0.637. The second kappa shape index (κ2) is 6.70. The average Bonchev–Trinajstić information content (AvgIpc) is 2.90. The van der Waals surface area contributed by atoms with Crippen LogP contribution in [0.25, 0.3) is 0 Å². The van der Waals surface area contributed by atoms with Crippen molar-refractivity contribution in [3.05, 3.63) is 0 Å². The summed E-state index contributed by atoms with van der Waals surface area (Å²) in [4.78, 5) is 14.7. The first-order valence-electron chi connectivity index (χ1n) is 10.8. The summed E-state index contributed by atoms with van der Waals surface area (Å²) in [7, 11) is 2.02. The van der Waals surface area contributed by atoms with E-state index in [1.807, 2.05) is 7.05 Å². The lowest BCUT2D eigenvalue weighted by Crippen LogP contribution is -2.63. The Morgan fingerprint density at radius 1 is 1.22 bits per heavy atom. The molecule has 1 heterocycles. The van der Waals surface area contributed by atoms with Crippen LogP contribution >= 0.6 is 15.9 Å². The number of hydrogen-bond acceptors (Lipinski definition) is 3. The van der Waals surface area contributed by atoms with E-state index in [2.05, 4.69) is 41.6 Å². The summed E-state index contributed by atoms with van der Waals surface area (Å²) in [6.07, 6.45) is 5.59. The number of rotatable bonds is 2. The highest BCUT2D eigenvalue weighted by Crippen LogP contribution is 2.68. The number of amides is 1. The quantitative estimate of drug-likeness (QED) is 0.645. The minimum absolute atomic E-state index is 0.0886. The van der Waals surface area contributed by atoms with Crippen LogP contribution in [0.5, 0.6) is 0 Å². The largest absolute Gasteiger partial charge is 0.394 e. The van der Waals surface area contributed by atoms with Gasteiger partial charge in [-0.3, -0.25) is 4.79 Å². The van der Waals surface area contributed by atoms with Crippen LogP contribution in [0.3, 0.4) is 0 Å². The van der Waals surface area contributed by atoms with E-state index in [1.54, 1.807) is 0 Å². The Balaban J connectivity index is 1.69. The second-order valence-electron chi connectivity index (χ2n) is 10.6. The van der Waals surface area contributed by atoms with Crippen molar-refractivity contribution in [1.29, 1.82) is 0 Å². The molecular formula is C22H36BrNO3. The zero-order valence-corrected chi connectivity index (χ0v) is 18.8. The zero-order valence-electron chi connectivity index (χ0n) is 17.2. The van der Waals surface area contributed by atoms with Gasteiger partial charge in [0.25, 0.3) is 0 Å². The van der Waals surface area contributed by atoms with E-state index in [-0.39, 0.29) is 28.2 Å². The molecule has 4 nitrogen and oxygen atoms in total. The molecule has 0 radical (unpaired) electrons. The monoisotopic (exact) mass is 441 g/mol. The summed E-state index contributed by atoms with van der Waals surface area (Å²) < 4.78 is 0. The van der Waals surface area contributed by atoms with Crippen LogP contribution in [0.2, 0.25) is 0 Å². The minimum Gasteiger partial charge on any atom is -0.394 e. The highest BCUT2D eigenvalue weighted by Gasteiger charge is 2.65. The van der Waals surface area contributed by atoms with Gasteiger partial charge in [0.05, 0.1) is 12.7 Å². The highest BCUT2D eigenvalue weighted by molar-refractivity contribution is 9.09. The zero-order chi connectivity index (χ0) is 19.7. The van der Waals surface area contributed by atoms with Crippen LogP contribution < -0.4 is 0 Å². The van der Waals surface area contributed by atoms with Crippen molar-refractivity contribution in [2.45, 2.75) is 76.3 Å². The van der Waals surface area contributed by atoms with Gasteiger partial charge in [-0.1, -0.05) is 36.7 Å². The normalized spacial score (nSPS) is 53.5. The topological polar surface area (TPSA) is 60.8 Å². The molecule has 0 bridgehead atoms. The van der Waals surface area contributed by atoms with Gasteiger partial charge >= 0.3 is 0 Å². The van der Waals surface area contributed by atoms with Crippen molar-refractivity contribution in [3.63, 3.8) is 0 Å². The lowest BCUT2D eigenvalue weighted by molar-refractivity contribution is -0.169. The first-order chi connectivity index (χ1) is 12.6. The number of likely N-dealkylation sites (tertiary alicyclic amines) is 1. The van der Waals surface area contributed by atoms with E-state index in [1.165, 1.54) is 6.42 Å². The van der Waals surface area contributed by atoms with Gasteiger partial charge in [0, 0.05) is 30.3 Å². The third-order valence-corrected chi connectivity index (χ3v) is 10.5. The lowest BCUT2D eigenvalue weighted by Gasteiger charge is -2.63. The molecule has 0 aromatic rings. The Morgan fingerprint density at radius 2 is 1.93 bits per heavy atom. The SMILES string of the molecule is CC1CC2N(C)C(=O)CC[C@]2(C)[C@@H]2CC[C@]3(C)C(C(O)CO)C(Br)C[C@H]3[C@H]12. The van der Waals surface area contributed by atoms with Crippen molar-refractivity contribution >= 4 is 21.8 Å². The number of carbonyl (C=O) groups is 1. The van der Waals surface area contributed by atoms with E-state index in [0.29, 0.717) is 42.0 Å². The maximum Gasteiger partial charge on any atom is 0.222 e. The Bertz CT molecular complexity index is 614. The van der Waals surface area contributed by atoms with E-state index in [0.717, 1.165) is 25.7 Å². The van der Waals surface area contributed by atoms with Crippen LogP contribution in [0.4, 0.5) is 0 Å². The number of halogens is 1. The van der Waals surface area contributed by atoms with E-state index >= 15 is 0 Å². The second-order valence-corrected chi connectivity index (χ2v) is 11.8. The summed E-state index contributed by atoms with van der Waals surface area (Å²) in [5, 5.41) is 20.2. The van der Waals surface area contributed by atoms with Gasteiger partial charge in [-0.25, -0.2) is 0 Å². The van der Waals surface area contributed by atoms with Gasteiger partial charge in [0.15, 0.2) is 0 Å². The molecule has 4 aliphatic rings. The fourth-order valence-corrected chi connectivity index (χ4v) is 9.63. The smallest absolute Gasteiger partial charge is 0.222 e. The third-order valence-electron chi connectivity index (χ3n) is 9.60. The van der Waals surface area contributed by atoms with Gasteiger partial charge in [-0.15, -0.1) is 0 Å². The molecule has 5 unspecified atom stereocenters. The first kappa shape index (κ1) is 20.2. The van der Waals surface area contributed by atoms with Gasteiger partial charge in [-0.05, 0) is 66.6 Å². The molecule has 1 amide bonds. The number of aliphatic hydroxyl groups excluding tert-OH is 2. The van der Waals surface area contributed by atoms with Gasteiger partial charge < -0.3 is 15.1 Å². The maximum atomic E-state index is 12.4. The molecule has 154 valence electrons. The predicted molar refractivity (Wildman–Crippen MR) is 109 cm³/mol. The van der Waals surface area contributed by atoms with Crippen molar-refractivity contribution in [2.24, 2.45) is 40.4 Å². The summed E-state index contributed by atoms with van der Waals surface area (Å²) >= 11 is 3.88. The fourth-order valence-electron chi connectivity index (χ4n) is 8.27. The van der Waals surface area contributed by atoms with Gasteiger partial charge in [0.2, 0.25) is 5.91 Å². The first-order valence-corrected chi connectivity index (χ1v) is 11.8. The average molecular weight is 442 g/mol. The molecule has 4 rings (SSSR count). The Morgan fingerprint density at radius 3 is 2.59 bits per heavy atom. The molecule has 5 heteroatoms. The number of carbonyl (C=O) groups excluding carboxylic acids is 1. The van der Waals surface area contributed by atoms with Crippen molar-refractivity contribution < 1.29 is 15.0 Å². The molecular weight excluding hydrogens is 406 g/mol. The number of fused-ring (bicyclic) bond motifs is 5. The van der Waals surface area contributed by atoms with E-state index in [9.17, 15) is 15.0 Å². The summed E-state index contributed by atoms with van der Waals surface area (Å²) in [5.41, 5.74) is 0.308. The summed E-state index contributed by atoms with van der Waals surface area (Å²) in [6.45, 7) is 7.07. The van der Waals surface area contributed by atoms with Crippen LogP contribution in [0.1, 0.15) is 59.3 Å². The third kappa shape index (κ3) is 2.70. The van der Waals surface area contributed by atoms with E-state index < -0.39 is 6.10 Å². The Labute approximate surface area is 172 Å². The van der Waals surface area contributed by atoms with Crippen molar-refractivity contribution in [3.8, 4) is 0 Å². The van der Waals surface area contributed by atoms with Crippen molar-refractivity contribution in [2.75, 3.05) is 13.7 Å². The van der Waals surface area contributed by atoms with Crippen molar-refractivity contribution in [1.82, 2.24) is 4.90 Å². The van der Waals surface area contributed by atoms with E-state index in [4.69, 9.17) is 0 Å². The maximum absolute atomic E-state index is 12.4. The van der Waals surface area contributed by atoms with Crippen LogP contribution in [0, 0.1) is 40.4 Å². The lowest BCUT2D eigenvalue weighted by atomic mass is 9.44. The molecule has 0 spiro atoms. The number of alkyl halides is 1. The number of piperidine rings is 1. The molecule has 1 saturated heterocycles. The van der Waals surface area contributed by atoms with Crippen LogP contribution in [-0.2, 0) is 4.79 Å². The van der Waals surface area contributed by atoms with Gasteiger partial charge in [-0.2, -0.15) is 0 Å². The molecule has 0 aromatic carbocycles. The number of hydrogen-bond donors (Lipinski definition) is 2. The number of nitrogens with zero attached hydrogens (tertiary/aromatic N) is 1. The van der Waals surface area contributed by atoms with Gasteiger partial charge in [0.1, 0.15) is 0 Å². The Hall–Kier alpha value is -0.130. The molecule has 0 aromatic heterocycles. The Kier molecular flexibility index (Phi) is 5.00. The summed E-state index contributed by atoms with van der Waals surface area (Å²) in [6, 6.07) is 0.374. The standard InChI is InChI=1S/C22H36BrNO3/c1-12-9-17-21(2,8-6-18(27)24(17)4)13-5-7-22(3)14(19(12)13)10-15(23)20(22)16(26)11-25/h12-17,19-20,25-26H,5-11H2,1-4H3/t12?,13-,14+,15?,16?,17?,19-,20?,21-,22+/m1/s1. The molecule has 1 aliphatic heterocycles. The molecule has 3 saturated carbocycles. The predicted octanol–water partition coefficient (Wildman–Crippen LogP) is 3.44. The van der Waals surface area contributed by atoms with Crippen LogP contribution in [-0.4, -0.2) is 51.6 Å². The molecule has 2 N–H and O–H groups in total. The number of aliphatic hydroxyl groups is 2. The summed E-state index contributed by atoms with van der Waals surface area (Å²) in [5.74, 6) is 2.93. The molecule has 27 heavy (non-hydrogen) atoms. The fraction of sp³-hybridized carbons (Fsp3) is 0.955. The molecule has 10 atom stereocenters. The van der Waals surface area contributed by atoms with Crippen LogP contribution in [0.15, 0.2) is 0 Å².